The lowest BCUT2D eigenvalue weighted by Gasteiger charge is -2.31. The lowest BCUT2D eigenvalue weighted by atomic mass is 9.95. The fourth-order valence-electron chi connectivity index (χ4n) is 0.538. The molecule has 0 aromatic carbocycles. The van der Waals surface area contributed by atoms with Gasteiger partial charge in [-0.25, -0.2) is 0 Å². The van der Waals surface area contributed by atoms with E-state index in [1.165, 1.54) is 0 Å². The molecule has 12 heavy (non-hydrogen) atoms. The summed E-state index contributed by atoms with van der Waals surface area (Å²) in [6.07, 6.45) is -0.144. The Balaban J connectivity index is 3.93. The predicted octanol–water partition coefficient (Wildman–Crippen LogP) is 1.24. The minimum absolute atomic E-state index is 0.00424. The average Bonchev–Trinajstić information content (AvgIpc) is 1.85. The summed E-state index contributed by atoms with van der Waals surface area (Å²) in [5, 5.41) is 0. The molecule has 74 valence electrons. The molecular weight excluding hydrogens is 152 g/mol. The number of hydrogen-bond donors (Lipinski definition) is 1. The zero-order valence-electron chi connectivity index (χ0n) is 9.09. The molecule has 3 nitrogen and oxygen atoms in total. The first-order valence-electron chi connectivity index (χ1n) is 4.32. The molecule has 0 aliphatic carbocycles. The number of ether oxygens (including phenoxy) is 1. The first-order valence-corrected chi connectivity index (χ1v) is 4.32. The highest BCUT2D eigenvalue weighted by molar-refractivity contribution is 4.69. The Labute approximate surface area is 75.9 Å². The molecule has 0 aliphatic rings. The van der Waals surface area contributed by atoms with Gasteiger partial charge in [-0.2, -0.15) is 0 Å². The van der Waals surface area contributed by atoms with Crippen molar-refractivity contribution in [2.75, 3.05) is 14.1 Å². The van der Waals surface area contributed by atoms with Gasteiger partial charge in [0.15, 0.2) is 0 Å². The maximum atomic E-state index is 5.84. The van der Waals surface area contributed by atoms with Crippen LogP contribution in [0, 0.1) is 5.41 Å². The minimum atomic E-state index is -0.213. The lowest BCUT2D eigenvalue weighted by Crippen LogP contribution is -2.43. The molecule has 0 spiro atoms. The molecule has 3 heteroatoms. The molecule has 0 bridgehead atoms. The smallest absolute Gasteiger partial charge is 0.112 e. The van der Waals surface area contributed by atoms with Crippen LogP contribution in [-0.4, -0.2) is 31.5 Å². The van der Waals surface area contributed by atoms with Gasteiger partial charge in [0.05, 0.1) is 0 Å². The fourth-order valence-corrected chi connectivity index (χ4v) is 0.538. The van der Waals surface area contributed by atoms with E-state index in [2.05, 4.69) is 20.8 Å². The summed E-state index contributed by atoms with van der Waals surface area (Å²) in [4.78, 5) is 1.99. The standard InChI is InChI=1S/C9H22N2O/c1-7(11(5)6)12-8(10)9(2,3)4/h7-8H,10H2,1-6H3. The molecule has 0 amide bonds. The molecule has 0 fully saturated rings. The van der Waals surface area contributed by atoms with Crippen molar-refractivity contribution >= 4 is 0 Å². The van der Waals surface area contributed by atoms with E-state index in [4.69, 9.17) is 10.5 Å². The van der Waals surface area contributed by atoms with Crippen molar-refractivity contribution in [2.45, 2.75) is 40.2 Å². The maximum Gasteiger partial charge on any atom is 0.112 e. The van der Waals surface area contributed by atoms with E-state index in [1.807, 2.05) is 25.9 Å². The van der Waals surface area contributed by atoms with E-state index in [0.29, 0.717) is 0 Å². The Morgan fingerprint density at radius 3 is 1.92 bits per heavy atom. The van der Waals surface area contributed by atoms with Crippen molar-refractivity contribution in [3.63, 3.8) is 0 Å². The van der Waals surface area contributed by atoms with Crippen LogP contribution in [0.15, 0.2) is 0 Å². The van der Waals surface area contributed by atoms with E-state index in [9.17, 15) is 0 Å². The largest absolute Gasteiger partial charge is 0.345 e. The van der Waals surface area contributed by atoms with Gasteiger partial charge in [-0.1, -0.05) is 20.8 Å². The summed E-state index contributed by atoms with van der Waals surface area (Å²) in [6, 6.07) is 0. The van der Waals surface area contributed by atoms with Gasteiger partial charge in [0.2, 0.25) is 0 Å². The average molecular weight is 174 g/mol. The van der Waals surface area contributed by atoms with Crippen molar-refractivity contribution < 1.29 is 4.74 Å². The number of nitrogens with zero attached hydrogens (tertiary/aromatic N) is 1. The van der Waals surface area contributed by atoms with Gasteiger partial charge in [0.1, 0.15) is 12.5 Å². The van der Waals surface area contributed by atoms with Crippen molar-refractivity contribution in [3.8, 4) is 0 Å². The summed E-state index contributed by atoms with van der Waals surface area (Å²) in [5.41, 5.74) is 5.84. The van der Waals surface area contributed by atoms with Gasteiger partial charge in [-0.3, -0.25) is 4.90 Å². The maximum absolute atomic E-state index is 5.84. The second kappa shape index (κ2) is 4.21. The highest BCUT2D eigenvalue weighted by atomic mass is 16.5. The monoisotopic (exact) mass is 174 g/mol. The number of nitrogens with two attached hydrogens (primary N) is 1. The lowest BCUT2D eigenvalue weighted by molar-refractivity contribution is -0.107. The first-order chi connectivity index (χ1) is 5.25. The molecule has 2 N–H and O–H groups in total. The molecule has 0 aromatic heterocycles. The number of rotatable bonds is 3. The quantitative estimate of drug-likeness (QED) is 0.654. The molecule has 0 saturated heterocycles. The Hall–Kier alpha value is -0.120. The van der Waals surface area contributed by atoms with Gasteiger partial charge in [-0.15, -0.1) is 0 Å². The van der Waals surface area contributed by atoms with E-state index in [1.54, 1.807) is 0 Å². The predicted molar refractivity (Wildman–Crippen MR) is 51.7 cm³/mol. The number of hydrogen-bond acceptors (Lipinski definition) is 3. The zero-order chi connectivity index (χ0) is 9.94. The summed E-state index contributed by atoms with van der Waals surface area (Å²) in [7, 11) is 3.94. The van der Waals surface area contributed by atoms with Gasteiger partial charge >= 0.3 is 0 Å². The third-order valence-electron chi connectivity index (χ3n) is 1.92. The SMILES string of the molecule is CC(OC(N)C(C)(C)C)N(C)C. The molecule has 0 aliphatic heterocycles. The van der Waals surface area contributed by atoms with Crippen LogP contribution in [0.4, 0.5) is 0 Å². The van der Waals surface area contributed by atoms with Crippen LogP contribution < -0.4 is 5.73 Å². The second-order valence-corrected chi connectivity index (χ2v) is 4.49. The van der Waals surface area contributed by atoms with Gasteiger partial charge < -0.3 is 10.5 Å². The van der Waals surface area contributed by atoms with Crippen LogP contribution in [0.2, 0.25) is 0 Å². The molecule has 0 saturated carbocycles. The van der Waals surface area contributed by atoms with Crippen LogP contribution >= 0.6 is 0 Å². The van der Waals surface area contributed by atoms with E-state index < -0.39 is 0 Å². The van der Waals surface area contributed by atoms with Crippen molar-refractivity contribution in [1.29, 1.82) is 0 Å². The Bertz CT molecular complexity index is 129. The van der Waals surface area contributed by atoms with E-state index in [-0.39, 0.29) is 17.9 Å². The highest BCUT2D eigenvalue weighted by Gasteiger charge is 2.23. The summed E-state index contributed by atoms with van der Waals surface area (Å²) in [6.45, 7) is 8.20. The molecule has 0 radical (unpaired) electrons. The van der Waals surface area contributed by atoms with Crippen molar-refractivity contribution in [3.05, 3.63) is 0 Å². The first kappa shape index (κ1) is 11.9. The van der Waals surface area contributed by atoms with E-state index in [0.717, 1.165) is 0 Å². The van der Waals surface area contributed by atoms with Crippen molar-refractivity contribution in [2.24, 2.45) is 11.1 Å². The Morgan fingerprint density at radius 2 is 1.67 bits per heavy atom. The minimum Gasteiger partial charge on any atom is -0.345 e. The Morgan fingerprint density at radius 1 is 1.25 bits per heavy atom. The van der Waals surface area contributed by atoms with Crippen LogP contribution in [0.3, 0.4) is 0 Å². The van der Waals surface area contributed by atoms with Gasteiger partial charge in [0.25, 0.3) is 0 Å². The second-order valence-electron chi connectivity index (χ2n) is 4.49. The molecule has 0 aromatic rings. The zero-order valence-corrected chi connectivity index (χ0v) is 9.09. The molecular formula is C9H22N2O. The summed E-state index contributed by atoms with van der Waals surface area (Å²) in [5.74, 6) is 0. The third kappa shape index (κ3) is 4.04. The van der Waals surface area contributed by atoms with Crippen LogP contribution in [0.1, 0.15) is 27.7 Å². The van der Waals surface area contributed by atoms with Crippen LogP contribution in [0.5, 0.6) is 0 Å². The fraction of sp³-hybridized carbons (Fsp3) is 1.00. The molecule has 2 atom stereocenters. The van der Waals surface area contributed by atoms with Gasteiger partial charge in [-0.05, 0) is 21.0 Å². The topological polar surface area (TPSA) is 38.5 Å². The molecule has 0 heterocycles. The normalized spacial score (nSPS) is 18.0. The summed E-state index contributed by atoms with van der Waals surface area (Å²) >= 11 is 0. The molecule has 2 unspecified atom stereocenters. The van der Waals surface area contributed by atoms with E-state index >= 15 is 0 Å². The van der Waals surface area contributed by atoms with Crippen LogP contribution in [0.25, 0.3) is 0 Å². The van der Waals surface area contributed by atoms with Crippen molar-refractivity contribution in [1.82, 2.24) is 4.90 Å². The highest BCUT2D eigenvalue weighted by Crippen LogP contribution is 2.19. The third-order valence-corrected chi connectivity index (χ3v) is 1.92. The molecule has 0 rings (SSSR count). The summed E-state index contributed by atoms with van der Waals surface area (Å²) < 4.78 is 5.58. The van der Waals surface area contributed by atoms with Crippen LogP contribution in [-0.2, 0) is 4.74 Å². The Kier molecular flexibility index (Phi) is 4.17. The van der Waals surface area contributed by atoms with Gasteiger partial charge in [0, 0.05) is 5.41 Å².